The maximum absolute atomic E-state index is 12.4. The van der Waals surface area contributed by atoms with Crippen LogP contribution in [0.5, 0.6) is 5.75 Å². The van der Waals surface area contributed by atoms with Gasteiger partial charge in [-0.25, -0.2) is 4.79 Å². The number of rotatable bonds is 5. The molecule has 1 aromatic carbocycles. The summed E-state index contributed by atoms with van der Waals surface area (Å²) in [5, 5.41) is 2.83. The normalized spacial score (nSPS) is 17.3. The summed E-state index contributed by atoms with van der Waals surface area (Å²) in [7, 11) is 0. The fourth-order valence-electron chi connectivity index (χ4n) is 2.60. The summed E-state index contributed by atoms with van der Waals surface area (Å²) >= 11 is 3.38. The van der Waals surface area contributed by atoms with E-state index in [0.29, 0.717) is 26.1 Å². The van der Waals surface area contributed by atoms with Gasteiger partial charge in [-0.2, -0.15) is 0 Å². The average molecular weight is 413 g/mol. The molecule has 0 aromatic heterocycles. The number of benzene rings is 1. The number of halogens is 1. The van der Waals surface area contributed by atoms with Crippen LogP contribution in [0.2, 0.25) is 0 Å². The van der Waals surface area contributed by atoms with E-state index in [0.717, 1.165) is 16.6 Å². The van der Waals surface area contributed by atoms with Gasteiger partial charge in [-0.15, -0.1) is 0 Å². The van der Waals surface area contributed by atoms with Gasteiger partial charge in [0.05, 0.1) is 6.54 Å². The summed E-state index contributed by atoms with van der Waals surface area (Å²) < 4.78 is 11.9. The van der Waals surface area contributed by atoms with Gasteiger partial charge < -0.3 is 14.8 Å². The van der Waals surface area contributed by atoms with E-state index in [-0.39, 0.29) is 5.91 Å². The minimum atomic E-state index is -0.571. The average Bonchev–Trinajstić information content (AvgIpc) is 2.99. The number of carbonyl (C=O) groups excluding carboxylic acids is 2. The van der Waals surface area contributed by atoms with Crippen LogP contribution in [0.3, 0.4) is 0 Å². The third kappa shape index (κ3) is 6.23. The molecule has 0 aliphatic carbocycles. The molecule has 0 saturated carbocycles. The number of amides is 2. The minimum absolute atomic E-state index is 0.166. The highest BCUT2D eigenvalue weighted by Gasteiger charge is 2.36. The van der Waals surface area contributed by atoms with Crippen molar-refractivity contribution >= 4 is 27.9 Å². The Labute approximate surface area is 157 Å². The number of nitrogens with zero attached hydrogens (tertiary/aromatic N) is 1. The molecule has 0 bridgehead atoms. The first-order valence-corrected chi connectivity index (χ1v) is 9.21. The van der Waals surface area contributed by atoms with Gasteiger partial charge in [0.1, 0.15) is 24.0 Å². The molecule has 1 saturated heterocycles. The quantitative estimate of drug-likeness (QED) is 0.752. The van der Waals surface area contributed by atoms with Gasteiger partial charge in [-0.05, 0) is 51.8 Å². The summed E-state index contributed by atoms with van der Waals surface area (Å²) in [6, 6.07) is 7.05. The van der Waals surface area contributed by atoms with Gasteiger partial charge in [0, 0.05) is 11.0 Å². The maximum atomic E-state index is 12.4. The van der Waals surface area contributed by atoms with Crippen LogP contribution in [-0.4, -0.2) is 48.2 Å². The van der Waals surface area contributed by atoms with Gasteiger partial charge in [0.15, 0.2) is 0 Å². The van der Waals surface area contributed by atoms with Gasteiger partial charge in [0.25, 0.3) is 0 Å². The zero-order valence-corrected chi connectivity index (χ0v) is 16.5. The minimum Gasteiger partial charge on any atom is -0.492 e. The van der Waals surface area contributed by atoms with Crippen molar-refractivity contribution in [2.75, 3.05) is 19.7 Å². The molecule has 2 amide bonds. The van der Waals surface area contributed by atoms with Gasteiger partial charge in [-0.1, -0.05) is 22.0 Å². The van der Waals surface area contributed by atoms with Crippen molar-refractivity contribution in [2.45, 2.75) is 45.3 Å². The Morgan fingerprint density at radius 2 is 2.12 bits per heavy atom. The number of hydrogen-bond donors (Lipinski definition) is 1. The zero-order chi connectivity index (χ0) is 18.4. The molecule has 0 radical (unpaired) electrons. The summed E-state index contributed by atoms with van der Waals surface area (Å²) in [5.74, 6) is 0.570. The first-order valence-electron chi connectivity index (χ1n) is 8.42. The van der Waals surface area contributed by atoms with Crippen LogP contribution in [0, 0.1) is 0 Å². The first-order chi connectivity index (χ1) is 11.8. The number of ether oxygens (including phenoxy) is 2. The Bertz CT molecular complexity index is 615. The highest BCUT2D eigenvalue weighted by atomic mass is 79.9. The molecule has 7 heteroatoms. The number of hydrogen-bond acceptors (Lipinski definition) is 4. The van der Waals surface area contributed by atoms with E-state index in [1.807, 2.05) is 45.0 Å². The van der Waals surface area contributed by atoms with Crippen molar-refractivity contribution in [3.05, 3.63) is 28.7 Å². The van der Waals surface area contributed by atoms with E-state index in [2.05, 4.69) is 21.2 Å². The van der Waals surface area contributed by atoms with Crippen LogP contribution < -0.4 is 10.1 Å². The van der Waals surface area contributed by atoms with Crippen molar-refractivity contribution in [1.82, 2.24) is 10.2 Å². The Balaban J connectivity index is 1.78. The predicted octanol–water partition coefficient (Wildman–Crippen LogP) is 3.34. The Hall–Kier alpha value is -1.76. The lowest BCUT2D eigenvalue weighted by molar-refractivity contribution is -0.125. The topological polar surface area (TPSA) is 67.9 Å². The van der Waals surface area contributed by atoms with Crippen molar-refractivity contribution < 1.29 is 19.1 Å². The van der Waals surface area contributed by atoms with Crippen LogP contribution in [-0.2, 0) is 9.53 Å². The van der Waals surface area contributed by atoms with Gasteiger partial charge in [0.2, 0.25) is 5.91 Å². The fourth-order valence-corrected chi connectivity index (χ4v) is 2.97. The standard InChI is InChI=1S/C18H25BrN2O4/c1-18(2,3)25-17(23)21-10-5-8-15(21)16(22)20-9-11-24-14-7-4-6-13(19)12-14/h4,6-7,12,15H,5,8-11H2,1-3H3,(H,20,22)/t15-/m0/s1. The molecule has 1 atom stereocenters. The second-order valence-corrected chi connectivity index (χ2v) is 7.84. The van der Waals surface area contributed by atoms with Crippen molar-refractivity contribution in [3.8, 4) is 5.75 Å². The molecule has 1 fully saturated rings. The lowest BCUT2D eigenvalue weighted by Crippen LogP contribution is -2.48. The second kappa shape index (κ2) is 8.56. The van der Waals surface area contributed by atoms with Crippen molar-refractivity contribution in [1.29, 1.82) is 0 Å². The van der Waals surface area contributed by atoms with Crippen LogP contribution in [0.1, 0.15) is 33.6 Å². The zero-order valence-electron chi connectivity index (χ0n) is 14.9. The molecule has 25 heavy (non-hydrogen) atoms. The molecule has 0 unspecified atom stereocenters. The lowest BCUT2D eigenvalue weighted by Gasteiger charge is -2.28. The maximum Gasteiger partial charge on any atom is 0.410 e. The molecular weight excluding hydrogens is 388 g/mol. The number of carbonyl (C=O) groups is 2. The van der Waals surface area contributed by atoms with Gasteiger partial charge in [-0.3, -0.25) is 9.69 Å². The van der Waals surface area contributed by atoms with E-state index in [1.165, 1.54) is 4.90 Å². The Kier molecular flexibility index (Phi) is 6.70. The van der Waals surface area contributed by atoms with Crippen molar-refractivity contribution in [3.63, 3.8) is 0 Å². The van der Waals surface area contributed by atoms with E-state index < -0.39 is 17.7 Å². The first kappa shape index (κ1) is 19.6. The monoisotopic (exact) mass is 412 g/mol. The van der Waals surface area contributed by atoms with Gasteiger partial charge >= 0.3 is 6.09 Å². The Morgan fingerprint density at radius 1 is 1.36 bits per heavy atom. The molecule has 6 nitrogen and oxygen atoms in total. The summed E-state index contributed by atoms with van der Waals surface area (Å²) in [4.78, 5) is 26.1. The third-order valence-electron chi connectivity index (χ3n) is 3.65. The predicted molar refractivity (Wildman–Crippen MR) is 98.6 cm³/mol. The fraction of sp³-hybridized carbons (Fsp3) is 0.556. The van der Waals surface area contributed by atoms with Crippen LogP contribution >= 0.6 is 15.9 Å². The molecule has 1 N–H and O–H groups in total. The smallest absolute Gasteiger partial charge is 0.410 e. The second-order valence-electron chi connectivity index (χ2n) is 6.93. The SMILES string of the molecule is CC(C)(C)OC(=O)N1CCC[C@H]1C(=O)NCCOc1cccc(Br)c1. The van der Waals surface area contributed by atoms with E-state index in [4.69, 9.17) is 9.47 Å². The number of likely N-dealkylation sites (tertiary alicyclic amines) is 1. The van der Waals surface area contributed by atoms with Crippen LogP contribution in [0.15, 0.2) is 28.7 Å². The number of nitrogens with one attached hydrogen (secondary N) is 1. The largest absolute Gasteiger partial charge is 0.492 e. The third-order valence-corrected chi connectivity index (χ3v) is 4.14. The lowest BCUT2D eigenvalue weighted by atomic mass is 10.2. The molecule has 0 spiro atoms. The van der Waals surface area contributed by atoms with E-state index in [9.17, 15) is 9.59 Å². The molecule has 1 aromatic rings. The summed E-state index contributed by atoms with van der Waals surface area (Å²) in [6.45, 7) is 6.73. The molecule has 1 heterocycles. The van der Waals surface area contributed by atoms with Crippen LogP contribution in [0.25, 0.3) is 0 Å². The molecular formula is C18H25BrN2O4. The molecule has 1 aliphatic rings. The van der Waals surface area contributed by atoms with E-state index >= 15 is 0 Å². The molecule has 1 aliphatic heterocycles. The van der Waals surface area contributed by atoms with Crippen molar-refractivity contribution in [2.24, 2.45) is 0 Å². The highest BCUT2D eigenvalue weighted by Crippen LogP contribution is 2.21. The molecule has 138 valence electrons. The molecule has 2 rings (SSSR count). The summed E-state index contributed by atoms with van der Waals surface area (Å²) in [5.41, 5.74) is -0.571. The highest BCUT2D eigenvalue weighted by molar-refractivity contribution is 9.10. The summed E-state index contributed by atoms with van der Waals surface area (Å²) in [6.07, 6.45) is 1.01. The Morgan fingerprint density at radius 3 is 2.80 bits per heavy atom. The van der Waals surface area contributed by atoms with E-state index in [1.54, 1.807) is 0 Å². The van der Waals surface area contributed by atoms with Crippen LogP contribution in [0.4, 0.5) is 4.79 Å².